The highest BCUT2D eigenvalue weighted by atomic mass is 16.5. The van der Waals surface area contributed by atoms with Crippen LogP contribution in [0, 0.1) is 0 Å². The Balaban J connectivity index is 1.74. The van der Waals surface area contributed by atoms with E-state index in [4.69, 9.17) is 9.15 Å². The molecule has 0 aliphatic carbocycles. The Bertz CT molecular complexity index is 981. The number of rotatable bonds is 7. The molecular weight excluding hydrogens is 346 g/mol. The van der Waals surface area contributed by atoms with Crippen LogP contribution in [0.25, 0.3) is 11.0 Å². The van der Waals surface area contributed by atoms with Crippen LogP contribution >= 0.6 is 0 Å². The van der Waals surface area contributed by atoms with Crippen LogP contribution in [0.15, 0.2) is 63.8 Å². The van der Waals surface area contributed by atoms with E-state index < -0.39 is 17.6 Å². The summed E-state index contributed by atoms with van der Waals surface area (Å²) in [4.78, 5) is 24.5. The van der Waals surface area contributed by atoms with Gasteiger partial charge in [0, 0.05) is 18.0 Å². The molecule has 1 aromatic heterocycles. The molecule has 3 rings (SSSR count). The average molecular weight is 367 g/mol. The molecule has 0 spiro atoms. The first-order valence-corrected chi connectivity index (χ1v) is 8.80. The van der Waals surface area contributed by atoms with Gasteiger partial charge in [-0.2, -0.15) is 0 Å². The van der Waals surface area contributed by atoms with Gasteiger partial charge in [0.1, 0.15) is 16.9 Å². The minimum atomic E-state index is -0.860. The van der Waals surface area contributed by atoms with Crippen LogP contribution in [0.5, 0.6) is 5.75 Å². The Morgan fingerprint density at radius 3 is 2.70 bits per heavy atom. The van der Waals surface area contributed by atoms with Gasteiger partial charge in [-0.15, -0.1) is 0 Å². The van der Waals surface area contributed by atoms with Crippen molar-refractivity contribution in [3.63, 3.8) is 0 Å². The molecule has 0 bridgehead atoms. The number of hydrogen-bond acceptors (Lipinski definition) is 5. The van der Waals surface area contributed by atoms with Gasteiger partial charge >= 0.3 is 5.63 Å². The van der Waals surface area contributed by atoms with E-state index in [1.807, 2.05) is 13.0 Å². The fourth-order valence-corrected chi connectivity index (χ4v) is 2.64. The summed E-state index contributed by atoms with van der Waals surface area (Å²) >= 11 is 0. The monoisotopic (exact) mass is 367 g/mol. The first-order valence-electron chi connectivity index (χ1n) is 8.80. The molecule has 1 heterocycles. The van der Waals surface area contributed by atoms with Crippen molar-refractivity contribution in [3.05, 3.63) is 76.1 Å². The van der Waals surface area contributed by atoms with Crippen molar-refractivity contribution in [2.24, 2.45) is 0 Å². The van der Waals surface area contributed by atoms with Crippen molar-refractivity contribution in [1.82, 2.24) is 5.32 Å². The van der Waals surface area contributed by atoms with E-state index in [1.54, 1.807) is 42.5 Å². The normalized spacial score (nSPS) is 11.9. The van der Waals surface area contributed by atoms with E-state index in [0.717, 1.165) is 6.42 Å². The number of carbonyl (C=O) groups is 1. The Morgan fingerprint density at radius 1 is 1.19 bits per heavy atom. The lowest BCUT2D eigenvalue weighted by atomic mass is 10.1. The van der Waals surface area contributed by atoms with Crippen molar-refractivity contribution in [3.8, 4) is 5.75 Å². The fraction of sp³-hybridized carbons (Fsp3) is 0.238. The lowest BCUT2D eigenvalue weighted by Gasteiger charge is -2.12. The summed E-state index contributed by atoms with van der Waals surface area (Å²) in [5, 5.41) is 13.3. The summed E-state index contributed by atoms with van der Waals surface area (Å²) in [5.74, 6) is 0.0163. The summed E-state index contributed by atoms with van der Waals surface area (Å²) in [7, 11) is 0. The molecular formula is C21H21NO5. The molecule has 0 aliphatic rings. The number of benzene rings is 2. The van der Waals surface area contributed by atoms with E-state index in [9.17, 15) is 14.7 Å². The molecule has 2 N–H and O–H groups in total. The molecule has 0 aliphatic heterocycles. The minimum Gasteiger partial charge on any atom is -0.493 e. The number of aliphatic hydroxyl groups is 1. The molecule has 27 heavy (non-hydrogen) atoms. The molecule has 2 aromatic carbocycles. The van der Waals surface area contributed by atoms with Gasteiger partial charge in [0.15, 0.2) is 0 Å². The number of hydrogen-bond donors (Lipinski definition) is 2. The van der Waals surface area contributed by atoms with E-state index in [-0.39, 0.29) is 12.1 Å². The maximum Gasteiger partial charge on any atom is 0.349 e. The summed E-state index contributed by atoms with van der Waals surface area (Å²) in [6.45, 7) is 2.56. The van der Waals surface area contributed by atoms with Crippen molar-refractivity contribution >= 4 is 16.9 Å². The molecule has 1 atom stereocenters. The van der Waals surface area contributed by atoms with Gasteiger partial charge in [-0.25, -0.2) is 4.79 Å². The third kappa shape index (κ3) is 4.54. The highest BCUT2D eigenvalue weighted by Crippen LogP contribution is 2.21. The van der Waals surface area contributed by atoms with Crippen molar-refractivity contribution in [1.29, 1.82) is 0 Å². The van der Waals surface area contributed by atoms with Gasteiger partial charge in [0.05, 0.1) is 12.7 Å². The molecule has 0 fully saturated rings. The third-order valence-corrected chi connectivity index (χ3v) is 4.07. The maximum atomic E-state index is 12.3. The minimum absolute atomic E-state index is 0.00980. The zero-order valence-electron chi connectivity index (χ0n) is 15.0. The number of fused-ring (bicyclic) bond motifs is 1. The number of amides is 1. The number of aliphatic hydroxyl groups excluding tert-OH is 1. The Hall–Kier alpha value is -3.12. The highest BCUT2D eigenvalue weighted by Gasteiger charge is 2.16. The quantitative estimate of drug-likeness (QED) is 0.627. The summed E-state index contributed by atoms with van der Waals surface area (Å²) < 4.78 is 10.8. The zero-order chi connectivity index (χ0) is 19.2. The average Bonchev–Trinajstić information content (AvgIpc) is 2.70. The Kier molecular flexibility index (Phi) is 5.88. The fourth-order valence-electron chi connectivity index (χ4n) is 2.64. The summed E-state index contributed by atoms with van der Waals surface area (Å²) in [6, 6.07) is 15.6. The second-order valence-corrected chi connectivity index (χ2v) is 6.13. The molecule has 3 aromatic rings. The van der Waals surface area contributed by atoms with E-state index in [0.29, 0.717) is 28.9 Å². The van der Waals surface area contributed by atoms with Gasteiger partial charge in [-0.3, -0.25) is 4.79 Å². The SMILES string of the molecule is CCCOc1ccc2cc(C(=O)NC[C@H](O)c3ccccc3)c(=O)oc2c1. The largest absolute Gasteiger partial charge is 0.493 e. The molecule has 140 valence electrons. The van der Waals surface area contributed by atoms with Gasteiger partial charge in [0.2, 0.25) is 0 Å². The predicted molar refractivity (Wildman–Crippen MR) is 102 cm³/mol. The topological polar surface area (TPSA) is 88.8 Å². The van der Waals surface area contributed by atoms with Crippen LogP contribution in [0.2, 0.25) is 0 Å². The Morgan fingerprint density at radius 2 is 1.96 bits per heavy atom. The zero-order valence-corrected chi connectivity index (χ0v) is 15.0. The van der Waals surface area contributed by atoms with Crippen LogP contribution in [-0.4, -0.2) is 24.2 Å². The maximum absolute atomic E-state index is 12.3. The van der Waals surface area contributed by atoms with E-state index in [2.05, 4.69) is 5.32 Å². The molecule has 0 unspecified atom stereocenters. The number of carbonyl (C=O) groups excluding carboxylic acids is 1. The lowest BCUT2D eigenvalue weighted by Crippen LogP contribution is -2.31. The lowest BCUT2D eigenvalue weighted by molar-refractivity contribution is 0.0913. The molecule has 0 radical (unpaired) electrons. The van der Waals surface area contributed by atoms with Crippen LogP contribution < -0.4 is 15.7 Å². The number of nitrogens with one attached hydrogen (secondary N) is 1. The molecule has 1 amide bonds. The van der Waals surface area contributed by atoms with Crippen molar-refractivity contribution < 1.29 is 19.1 Å². The molecule has 0 saturated heterocycles. The van der Waals surface area contributed by atoms with Crippen LogP contribution in [0.4, 0.5) is 0 Å². The second-order valence-electron chi connectivity index (χ2n) is 6.13. The highest BCUT2D eigenvalue weighted by molar-refractivity contribution is 5.96. The van der Waals surface area contributed by atoms with E-state index in [1.165, 1.54) is 6.07 Å². The Labute approximate surface area is 156 Å². The molecule has 0 saturated carbocycles. The van der Waals surface area contributed by atoms with Gasteiger partial charge in [-0.1, -0.05) is 37.3 Å². The van der Waals surface area contributed by atoms with Crippen LogP contribution in [0.1, 0.15) is 35.4 Å². The van der Waals surface area contributed by atoms with Gasteiger partial charge in [0.25, 0.3) is 5.91 Å². The molecule has 6 nitrogen and oxygen atoms in total. The number of ether oxygens (including phenoxy) is 1. The van der Waals surface area contributed by atoms with Crippen molar-refractivity contribution in [2.75, 3.05) is 13.2 Å². The summed E-state index contributed by atoms with van der Waals surface area (Å²) in [5.41, 5.74) is 0.198. The standard InChI is InChI=1S/C21H21NO5/c1-2-10-26-16-9-8-15-11-17(21(25)27-19(15)12-16)20(24)22-13-18(23)14-6-4-3-5-7-14/h3-9,11-12,18,23H,2,10,13H2,1H3,(H,22,24)/t18-/m0/s1. The second kappa shape index (κ2) is 8.51. The molecule has 6 heteroatoms. The van der Waals surface area contributed by atoms with Gasteiger partial charge < -0.3 is 19.6 Å². The van der Waals surface area contributed by atoms with Crippen molar-refractivity contribution in [2.45, 2.75) is 19.4 Å². The first-order chi connectivity index (χ1) is 13.1. The third-order valence-electron chi connectivity index (χ3n) is 4.07. The van der Waals surface area contributed by atoms with Crippen LogP contribution in [0.3, 0.4) is 0 Å². The smallest absolute Gasteiger partial charge is 0.349 e. The van der Waals surface area contributed by atoms with Crippen LogP contribution in [-0.2, 0) is 0 Å². The van der Waals surface area contributed by atoms with E-state index >= 15 is 0 Å². The predicted octanol–water partition coefficient (Wildman–Crippen LogP) is 3.05. The first kappa shape index (κ1) is 18.7. The summed E-state index contributed by atoms with van der Waals surface area (Å²) in [6.07, 6.45) is 0.0107. The van der Waals surface area contributed by atoms with Gasteiger partial charge in [-0.05, 0) is 30.2 Å².